The van der Waals surface area contributed by atoms with E-state index in [4.69, 9.17) is 0 Å². The molecule has 0 atom stereocenters. The number of carbonyl (C=O) groups is 1. The van der Waals surface area contributed by atoms with Crippen LogP contribution in [0.4, 0.5) is 5.69 Å². The van der Waals surface area contributed by atoms with Crippen LogP contribution in [0.1, 0.15) is 11.1 Å². The Morgan fingerprint density at radius 2 is 1.83 bits per heavy atom. The fraction of sp³-hybridized carbons (Fsp3) is 0.115. The zero-order valence-electron chi connectivity index (χ0n) is 18.8. The first kappa shape index (κ1) is 22.5. The molecule has 1 amide bonds. The van der Waals surface area contributed by atoms with Gasteiger partial charge < -0.3 is 10.1 Å². The highest BCUT2D eigenvalue weighted by molar-refractivity contribution is 7.99. The number of hydrogen-bond acceptors (Lipinski definition) is 6. The van der Waals surface area contributed by atoms with Gasteiger partial charge in [0.1, 0.15) is 0 Å². The number of H-pyrrole nitrogens is 1. The van der Waals surface area contributed by atoms with E-state index < -0.39 is 5.91 Å². The second kappa shape index (κ2) is 9.55. The molecule has 0 saturated carbocycles. The van der Waals surface area contributed by atoms with Crippen LogP contribution in [-0.4, -0.2) is 31.3 Å². The number of hydrogen-bond donors (Lipinski definition) is 2. The summed E-state index contributed by atoms with van der Waals surface area (Å²) >= 11 is 1.13. The van der Waals surface area contributed by atoms with Crippen LogP contribution in [0, 0.1) is 6.92 Å². The molecule has 0 unspecified atom stereocenters. The van der Waals surface area contributed by atoms with Gasteiger partial charge in [0.15, 0.2) is 10.8 Å². The lowest BCUT2D eigenvalue weighted by atomic mass is 10.1. The highest BCUT2D eigenvalue weighted by Gasteiger charge is 2.15. The van der Waals surface area contributed by atoms with Gasteiger partial charge in [0.25, 0.3) is 11.5 Å². The van der Waals surface area contributed by atoms with Crippen molar-refractivity contribution in [2.24, 2.45) is 10.2 Å². The molecule has 5 aromatic rings. The van der Waals surface area contributed by atoms with E-state index in [0.717, 1.165) is 22.9 Å². The summed E-state index contributed by atoms with van der Waals surface area (Å²) in [6.07, 6.45) is 0. The van der Waals surface area contributed by atoms with Gasteiger partial charge in [-0.2, -0.15) is 0 Å². The Morgan fingerprint density at radius 1 is 1.06 bits per heavy atom. The highest BCUT2D eigenvalue weighted by atomic mass is 32.2. The summed E-state index contributed by atoms with van der Waals surface area (Å²) in [5.74, 6) is -0.728. The molecule has 0 radical (unpaired) electrons. The van der Waals surface area contributed by atoms with E-state index in [9.17, 15) is 14.7 Å². The van der Waals surface area contributed by atoms with Crippen LogP contribution in [-0.2, 0) is 11.3 Å². The number of aromatic amines is 1. The van der Waals surface area contributed by atoms with Crippen molar-refractivity contribution in [2.75, 3.05) is 5.75 Å². The molecule has 2 heterocycles. The van der Waals surface area contributed by atoms with E-state index in [0.29, 0.717) is 33.5 Å². The van der Waals surface area contributed by atoms with Gasteiger partial charge in [-0.05, 0) is 30.7 Å². The zero-order valence-corrected chi connectivity index (χ0v) is 19.6. The molecular weight excluding hydrogens is 462 g/mol. The van der Waals surface area contributed by atoms with Crippen LogP contribution in [0.5, 0.6) is 5.88 Å². The molecular formula is C26H21N5O3S. The van der Waals surface area contributed by atoms with Gasteiger partial charge in [-0.3, -0.25) is 14.2 Å². The largest absolute Gasteiger partial charge is 0.493 e. The van der Waals surface area contributed by atoms with Crippen molar-refractivity contribution in [2.45, 2.75) is 18.6 Å². The van der Waals surface area contributed by atoms with E-state index in [1.54, 1.807) is 16.7 Å². The number of amides is 1. The number of azo groups is 1. The molecule has 8 nitrogen and oxygen atoms in total. The summed E-state index contributed by atoms with van der Waals surface area (Å²) in [5.41, 5.74) is 3.23. The maximum absolute atomic E-state index is 13.3. The van der Waals surface area contributed by atoms with Crippen LogP contribution in [0.15, 0.2) is 93.0 Å². The molecule has 0 fully saturated rings. The Kier molecular flexibility index (Phi) is 6.15. The molecule has 5 rings (SSSR count). The normalized spacial score (nSPS) is 11.6. The summed E-state index contributed by atoms with van der Waals surface area (Å²) in [5, 5.41) is 19.5. The molecule has 0 saturated heterocycles. The number of thioether (sulfide) groups is 1. The number of benzene rings is 3. The van der Waals surface area contributed by atoms with Gasteiger partial charge in [-0.25, -0.2) is 4.98 Å². The number of rotatable bonds is 6. The standard InChI is InChI=1S/C26H21N5O3S/c1-16-11-12-21-19(13-16)25(34)31(14-17-7-3-2-4-8-17)26(28-21)35-15-22(32)29-30-23-18-9-5-6-10-20(18)27-24(23)33/h2-13,27,33H,14-15H2,1H3. The molecule has 0 spiro atoms. The van der Waals surface area contributed by atoms with Crippen molar-refractivity contribution in [3.8, 4) is 5.88 Å². The summed E-state index contributed by atoms with van der Waals surface area (Å²) < 4.78 is 1.58. The average Bonchev–Trinajstić information content (AvgIpc) is 3.19. The van der Waals surface area contributed by atoms with E-state index in [1.165, 1.54) is 0 Å². The van der Waals surface area contributed by atoms with Gasteiger partial charge in [-0.15, -0.1) is 10.2 Å². The third kappa shape index (κ3) is 4.71. The smallest absolute Gasteiger partial charge is 0.275 e. The van der Waals surface area contributed by atoms with Crippen LogP contribution < -0.4 is 5.56 Å². The Morgan fingerprint density at radius 3 is 2.66 bits per heavy atom. The minimum Gasteiger partial charge on any atom is -0.493 e. The molecule has 0 aliphatic rings. The predicted octanol–water partition coefficient (Wildman–Crippen LogP) is 5.34. The topological polar surface area (TPSA) is 113 Å². The lowest BCUT2D eigenvalue weighted by Gasteiger charge is -2.13. The summed E-state index contributed by atoms with van der Waals surface area (Å²) in [7, 11) is 0. The number of carbonyl (C=O) groups excluding carboxylic acids is 1. The summed E-state index contributed by atoms with van der Waals surface area (Å²) in [4.78, 5) is 33.3. The van der Waals surface area contributed by atoms with Gasteiger partial charge in [-0.1, -0.05) is 71.9 Å². The molecule has 2 aromatic heterocycles. The SMILES string of the molecule is Cc1ccc2nc(SCC(=O)N=Nc3c(O)[nH]c4ccccc34)n(Cc3ccccc3)c(=O)c2c1. The molecule has 9 heteroatoms. The first-order chi connectivity index (χ1) is 17.0. The Labute approximate surface area is 204 Å². The molecule has 0 aliphatic heterocycles. The number of nitrogens with zero attached hydrogens (tertiary/aromatic N) is 4. The second-order valence-corrected chi connectivity index (χ2v) is 8.98. The number of aromatic hydroxyl groups is 1. The van der Waals surface area contributed by atoms with Crippen molar-refractivity contribution < 1.29 is 9.90 Å². The molecule has 35 heavy (non-hydrogen) atoms. The fourth-order valence-electron chi connectivity index (χ4n) is 3.81. The predicted molar refractivity (Wildman–Crippen MR) is 136 cm³/mol. The van der Waals surface area contributed by atoms with Crippen molar-refractivity contribution >= 4 is 45.2 Å². The quantitative estimate of drug-likeness (QED) is 0.192. The van der Waals surface area contributed by atoms with Crippen LogP contribution >= 0.6 is 11.8 Å². The third-order valence-electron chi connectivity index (χ3n) is 5.50. The second-order valence-electron chi connectivity index (χ2n) is 8.04. The van der Waals surface area contributed by atoms with Crippen molar-refractivity contribution in [1.82, 2.24) is 14.5 Å². The van der Waals surface area contributed by atoms with E-state index >= 15 is 0 Å². The van der Waals surface area contributed by atoms with Crippen LogP contribution in [0.25, 0.3) is 21.8 Å². The van der Waals surface area contributed by atoms with Crippen molar-refractivity contribution in [3.05, 3.63) is 94.3 Å². The maximum Gasteiger partial charge on any atom is 0.275 e. The number of aryl methyl sites for hydroxylation is 1. The number of fused-ring (bicyclic) bond motifs is 2. The minimum absolute atomic E-state index is 0.0643. The van der Waals surface area contributed by atoms with Gasteiger partial charge >= 0.3 is 0 Å². The van der Waals surface area contributed by atoms with Crippen molar-refractivity contribution in [3.63, 3.8) is 0 Å². The molecule has 3 aromatic carbocycles. The first-order valence-corrected chi connectivity index (χ1v) is 11.9. The molecule has 174 valence electrons. The number of aromatic nitrogens is 3. The summed E-state index contributed by atoms with van der Waals surface area (Å²) in [6.45, 7) is 2.26. The Balaban J connectivity index is 1.42. The molecule has 2 N–H and O–H groups in total. The van der Waals surface area contributed by atoms with Gasteiger partial charge in [0, 0.05) is 5.39 Å². The Bertz CT molecular complexity index is 1640. The summed E-state index contributed by atoms with van der Waals surface area (Å²) in [6, 6.07) is 22.4. The number of nitrogens with one attached hydrogen (secondary N) is 1. The van der Waals surface area contributed by atoms with E-state index in [-0.39, 0.29) is 22.9 Å². The van der Waals surface area contributed by atoms with Crippen LogP contribution in [0.3, 0.4) is 0 Å². The van der Waals surface area contributed by atoms with Crippen LogP contribution in [0.2, 0.25) is 0 Å². The Hall–Kier alpha value is -4.24. The third-order valence-corrected chi connectivity index (χ3v) is 6.47. The molecule has 0 bridgehead atoms. The first-order valence-electron chi connectivity index (χ1n) is 10.9. The maximum atomic E-state index is 13.3. The average molecular weight is 484 g/mol. The van der Waals surface area contributed by atoms with Gasteiger partial charge in [0.2, 0.25) is 5.88 Å². The van der Waals surface area contributed by atoms with Crippen molar-refractivity contribution in [1.29, 1.82) is 0 Å². The monoisotopic (exact) mass is 483 g/mol. The molecule has 0 aliphatic carbocycles. The van der Waals surface area contributed by atoms with E-state index in [1.807, 2.05) is 67.6 Å². The fourth-order valence-corrected chi connectivity index (χ4v) is 4.58. The van der Waals surface area contributed by atoms with E-state index in [2.05, 4.69) is 20.2 Å². The number of para-hydroxylation sites is 1. The lowest BCUT2D eigenvalue weighted by Crippen LogP contribution is -2.24. The minimum atomic E-state index is -0.510. The highest BCUT2D eigenvalue weighted by Crippen LogP contribution is 2.35. The zero-order chi connectivity index (χ0) is 24.4. The lowest BCUT2D eigenvalue weighted by molar-refractivity contribution is -0.115. The van der Waals surface area contributed by atoms with Gasteiger partial charge in [0.05, 0.1) is 28.7 Å².